The second-order valence-corrected chi connectivity index (χ2v) is 7.31. The number of rotatable bonds is 5. The third kappa shape index (κ3) is 8.07. The number of cyclic esters (lactones) is 1. The number of nitrogens with one attached hydrogen (secondary N) is 2. The van der Waals surface area contributed by atoms with Crippen LogP contribution < -0.4 is 10.6 Å². The largest absolute Gasteiger partial charge is 0.463 e. The number of hydrogen-bond acceptors (Lipinski definition) is 5. The van der Waals surface area contributed by atoms with Gasteiger partial charge >= 0.3 is 5.97 Å². The van der Waals surface area contributed by atoms with E-state index in [4.69, 9.17) is 9.84 Å². The van der Waals surface area contributed by atoms with E-state index < -0.39 is 12.0 Å². The van der Waals surface area contributed by atoms with Crippen molar-refractivity contribution in [1.82, 2.24) is 10.6 Å². The molecule has 1 aliphatic rings. The van der Waals surface area contributed by atoms with Crippen LogP contribution in [0.4, 0.5) is 0 Å². The molecule has 0 saturated carbocycles. The Hall–Kier alpha value is -2.67. The molecule has 0 spiro atoms. The van der Waals surface area contributed by atoms with Crippen molar-refractivity contribution < 1.29 is 24.2 Å². The predicted molar refractivity (Wildman–Crippen MR) is 109 cm³/mol. The number of carbonyl (C=O) groups excluding carboxylic acids is 3. The van der Waals surface area contributed by atoms with Crippen LogP contribution in [-0.4, -0.2) is 42.1 Å². The van der Waals surface area contributed by atoms with E-state index in [-0.39, 0.29) is 43.5 Å². The van der Waals surface area contributed by atoms with Gasteiger partial charge in [0.1, 0.15) is 6.61 Å². The maximum atomic E-state index is 13.0. The molecule has 2 rings (SSSR count). The monoisotopic (exact) mass is 402 g/mol. The zero-order valence-corrected chi connectivity index (χ0v) is 16.8. The van der Waals surface area contributed by atoms with E-state index in [0.717, 1.165) is 5.56 Å². The second-order valence-electron chi connectivity index (χ2n) is 7.31. The molecule has 0 bridgehead atoms. The Balaban J connectivity index is 2.16. The molecule has 1 heterocycles. The fourth-order valence-corrected chi connectivity index (χ4v) is 3.07. The quantitative estimate of drug-likeness (QED) is 0.516. The Morgan fingerprint density at radius 1 is 1.28 bits per heavy atom. The summed E-state index contributed by atoms with van der Waals surface area (Å²) in [4.78, 5) is 37.2. The first-order valence-corrected chi connectivity index (χ1v) is 10.1. The molecule has 0 aromatic heterocycles. The van der Waals surface area contributed by atoms with Crippen molar-refractivity contribution in [1.29, 1.82) is 0 Å². The van der Waals surface area contributed by atoms with Crippen LogP contribution in [0.2, 0.25) is 0 Å². The highest BCUT2D eigenvalue weighted by atomic mass is 16.5. The number of ether oxygens (including phenoxy) is 1. The van der Waals surface area contributed by atoms with Crippen LogP contribution in [0.3, 0.4) is 0 Å². The first kappa shape index (κ1) is 22.6. The number of carbonyl (C=O) groups is 3. The maximum Gasteiger partial charge on any atom is 0.305 e. The van der Waals surface area contributed by atoms with E-state index in [1.54, 1.807) is 6.92 Å². The molecule has 2 amide bonds. The van der Waals surface area contributed by atoms with Crippen LogP contribution in [0.25, 0.3) is 0 Å². The molecule has 29 heavy (non-hydrogen) atoms. The van der Waals surface area contributed by atoms with Crippen LogP contribution in [-0.2, 0) is 19.1 Å². The van der Waals surface area contributed by atoms with Crippen molar-refractivity contribution in [2.75, 3.05) is 13.2 Å². The summed E-state index contributed by atoms with van der Waals surface area (Å²) < 4.78 is 5.37. The number of benzene rings is 1. The summed E-state index contributed by atoms with van der Waals surface area (Å²) in [5.74, 6) is -1.40. The summed E-state index contributed by atoms with van der Waals surface area (Å²) in [5, 5.41) is 14.7. The Morgan fingerprint density at radius 3 is 2.76 bits per heavy atom. The topological polar surface area (TPSA) is 105 Å². The second kappa shape index (κ2) is 12.0. The number of allylic oxidation sites excluding steroid dienone is 2. The van der Waals surface area contributed by atoms with Crippen molar-refractivity contribution >= 4 is 17.8 Å². The van der Waals surface area contributed by atoms with Gasteiger partial charge in [0, 0.05) is 18.9 Å². The molecule has 1 aromatic carbocycles. The van der Waals surface area contributed by atoms with Crippen molar-refractivity contribution in [3.8, 4) is 0 Å². The number of aliphatic hydroxyl groups excluding tert-OH is 1. The highest BCUT2D eigenvalue weighted by Crippen LogP contribution is 2.18. The van der Waals surface area contributed by atoms with E-state index in [0.29, 0.717) is 25.7 Å². The summed E-state index contributed by atoms with van der Waals surface area (Å²) in [6.07, 6.45) is 5.95. The van der Waals surface area contributed by atoms with Crippen LogP contribution >= 0.6 is 0 Å². The predicted octanol–water partition coefficient (Wildman–Crippen LogP) is 2.02. The van der Waals surface area contributed by atoms with Crippen LogP contribution in [0, 0.1) is 5.92 Å². The first-order chi connectivity index (χ1) is 14.0. The molecule has 7 heteroatoms. The van der Waals surface area contributed by atoms with Crippen molar-refractivity contribution in [3.05, 3.63) is 48.0 Å². The van der Waals surface area contributed by atoms with Gasteiger partial charge in [0.25, 0.3) is 0 Å². The molecule has 3 atom stereocenters. The van der Waals surface area contributed by atoms with E-state index >= 15 is 0 Å². The smallest absolute Gasteiger partial charge is 0.305 e. The van der Waals surface area contributed by atoms with E-state index in [9.17, 15) is 14.4 Å². The summed E-state index contributed by atoms with van der Waals surface area (Å²) >= 11 is 0. The summed E-state index contributed by atoms with van der Waals surface area (Å²) in [6, 6.07) is 8.45. The van der Waals surface area contributed by atoms with Gasteiger partial charge in [-0.1, -0.05) is 42.5 Å². The van der Waals surface area contributed by atoms with Gasteiger partial charge in [0.2, 0.25) is 11.8 Å². The summed E-state index contributed by atoms with van der Waals surface area (Å²) in [6.45, 7) is 1.58. The lowest BCUT2D eigenvalue weighted by atomic mass is 9.97. The third-order valence-corrected chi connectivity index (χ3v) is 4.75. The number of aliphatic hydroxyl groups is 1. The lowest BCUT2D eigenvalue weighted by molar-refractivity contribution is -0.145. The Morgan fingerprint density at radius 2 is 2.03 bits per heavy atom. The first-order valence-electron chi connectivity index (χ1n) is 10.1. The molecule has 0 aliphatic carbocycles. The molecule has 1 aliphatic heterocycles. The van der Waals surface area contributed by atoms with Crippen molar-refractivity contribution in [3.63, 3.8) is 0 Å². The normalized spacial score (nSPS) is 22.3. The molecule has 1 aromatic rings. The molecule has 0 unspecified atom stereocenters. The number of esters is 1. The number of hydrogen-bond donors (Lipinski definition) is 3. The van der Waals surface area contributed by atoms with Crippen LogP contribution in [0.15, 0.2) is 42.5 Å². The van der Waals surface area contributed by atoms with Gasteiger partial charge in [0.15, 0.2) is 0 Å². The molecule has 0 fully saturated rings. The summed E-state index contributed by atoms with van der Waals surface area (Å²) in [5.41, 5.74) is 0.830. The van der Waals surface area contributed by atoms with Gasteiger partial charge < -0.3 is 20.5 Å². The van der Waals surface area contributed by atoms with Gasteiger partial charge in [-0.3, -0.25) is 14.4 Å². The van der Waals surface area contributed by atoms with E-state index in [1.807, 2.05) is 42.5 Å². The van der Waals surface area contributed by atoms with Gasteiger partial charge in [-0.2, -0.15) is 0 Å². The Labute approximate surface area is 171 Å². The standard InChI is InChI=1S/C22H30N2O5/c1-16(14-25)23-20(26)13-18-11-5-2-3-8-12-21(27)29-15-19(24-22(18)28)17-9-6-4-7-10-17/h2,4-7,9-10,16,18-19,25H,3,8,11-15H2,1H3,(H,23,26)(H,24,28)/t16-,18+,19+/m0/s1. The molecule has 0 radical (unpaired) electrons. The third-order valence-electron chi connectivity index (χ3n) is 4.75. The molecular weight excluding hydrogens is 372 g/mol. The highest BCUT2D eigenvalue weighted by molar-refractivity contribution is 5.86. The molecule has 158 valence electrons. The van der Waals surface area contributed by atoms with Gasteiger partial charge in [-0.25, -0.2) is 0 Å². The zero-order chi connectivity index (χ0) is 21.1. The molecular formula is C22H30N2O5. The zero-order valence-electron chi connectivity index (χ0n) is 16.8. The SMILES string of the molecule is C[C@@H](CO)NC(=O)C[C@H]1CC=CCCCC(=O)OC[C@H](c2ccccc2)NC1=O. The van der Waals surface area contributed by atoms with E-state index in [1.165, 1.54) is 0 Å². The molecule has 3 N–H and O–H groups in total. The minimum atomic E-state index is -0.556. The lowest BCUT2D eigenvalue weighted by Gasteiger charge is -2.23. The average Bonchev–Trinajstić information content (AvgIpc) is 2.73. The highest BCUT2D eigenvalue weighted by Gasteiger charge is 2.25. The van der Waals surface area contributed by atoms with Crippen molar-refractivity contribution in [2.24, 2.45) is 5.92 Å². The van der Waals surface area contributed by atoms with Crippen molar-refractivity contribution in [2.45, 2.75) is 51.1 Å². The van der Waals surface area contributed by atoms with Crippen LogP contribution in [0.1, 0.15) is 50.6 Å². The Kier molecular flexibility index (Phi) is 9.37. The van der Waals surface area contributed by atoms with Gasteiger partial charge in [-0.05, 0) is 31.7 Å². The Bertz CT molecular complexity index is 704. The van der Waals surface area contributed by atoms with Gasteiger partial charge in [0.05, 0.1) is 18.6 Å². The maximum absolute atomic E-state index is 13.0. The van der Waals surface area contributed by atoms with E-state index in [2.05, 4.69) is 10.6 Å². The minimum Gasteiger partial charge on any atom is -0.463 e. The lowest BCUT2D eigenvalue weighted by Crippen LogP contribution is -2.40. The minimum absolute atomic E-state index is 0.0157. The average molecular weight is 402 g/mol. The number of amides is 2. The molecule has 7 nitrogen and oxygen atoms in total. The fourth-order valence-electron chi connectivity index (χ4n) is 3.07. The van der Waals surface area contributed by atoms with Gasteiger partial charge in [-0.15, -0.1) is 0 Å². The molecule has 0 saturated heterocycles. The summed E-state index contributed by atoms with van der Waals surface area (Å²) in [7, 11) is 0. The fraction of sp³-hybridized carbons (Fsp3) is 0.500. The van der Waals surface area contributed by atoms with Crippen LogP contribution in [0.5, 0.6) is 0 Å².